The summed E-state index contributed by atoms with van der Waals surface area (Å²) in [5, 5.41) is 0. The van der Waals surface area contributed by atoms with E-state index < -0.39 is 5.91 Å². The van der Waals surface area contributed by atoms with Gasteiger partial charge in [-0.2, -0.15) is 0 Å². The van der Waals surface area contributed by atoms with E-state index in [-0.39, 0.29) is 18.2 Å². The zero-order valence-corrected chi connectivity index (χ0v) is 11.7. The van der Waals surface area contributed by atoms with Crippen molar-refractivity contribution in [1.29, 1.82) is 0 Å². The molecule has 0 bridgehead atoms. The molecular weight excluding hydrogens is 248 g/mol. The Kier molecular flexibility index (Phi) is 5.08. The molecule has 7 heteroatoms. The van der Waals surface area contributed by atoms with E-state index in [9.17, 15) is 9.59 Å². The summed E-state index contributed by atoms with van der Waals surface area (Å²) in [6.07, 6.45) is 0. The van der Waals surface area contributed by atoms with Gasteiger partial charge in [0.05, 0.1) is 13.1 Å². The number of amides is 2. The normalized spacial score (nSPS) is 10.6. The minimum atomic E-state index is -0.462. The molecule has 106 valence electrons. The molecule has 0 unspecified atom stereocenters. The molecule has 1 heterocycles. The molecule has 0 aliphatic rings. The molecule has 0 aliphatic carbocycles. The van der Waals surface area contributed by atoms with Gasteiger partial charge < -0.3 is 9.32 Å². The van der Waals surface area contributed by atoms with Crippen LogP contribution in [0.3, 0.4) is 0 Å². The van der Waals surface area contributed by atoms with Gasteiger partial charge in [0.2, 0.25) is 5.91 Å². The molecule has 1 aromatic heterocycles. The molecule has 7 nitrogen and oxygen atoms in total. The highest BCUT2D eigenvalue weighted by Crippen LogP contribution is 2.15. The maximum absolute atomic E-state index is 11.5. The van der Waals surface area contributed by atoms with Crippen LogP contribution in [0.15, 0.2) is 10.5 Å². The van der Waals surface area contributed by atoms with Gasteiger partial charge in [-0.15, -0.1) is 0 Å². The van der Waals surface area contributed by atoms with Crippen molar-refractivity contribution >= 4 is 11.8 Å². The summed E-state index contributed by atoms with van der Waals surface area (Å²) in [5.74, 6) is 5.42. The van der Waals surface area contributed by atoms with Crippen molar-refractivity contribution in [1.82, 2.24) is 15.2 Å². The summed E-state index contributed by atoms with van der Waals surface area (Å²) in [6.45, 7) is 2.49. The number of likely N-dealkylation sites (N-methyl/N-ethyl adjacent to an activating group) is 2. The van der Waals surface area contributed by atoms with Crippen LogP contribution in [-0.4, -0.2) is 49.3 Å². The molecule has 0 aromatic carbocycles. The third-order valence-corrected chi connectivity index (χ3v) is 2.64. The highest BCUT2D eigenvalue weighted by atomic mass is 16.4. The van der Waals surface area contributed by atoms with Crippen LogP contribution in [0.2, 0.25) is 0 Å². The molecule has 0 saturated carbocycles. The first-order valence-corrected chi connectivity index (χ1v) is 5.84. The number of hydrogen-bond donors (Lipinski definition) is 2. The quantitative estimate of drug-likeness (QED) is 0.435. The van der Waals surface area contributed by atoms with E-state index in [4.69, 9.17) is 10.3 Å². The molecule has 0 saturated heterocycles. The van der Waals surface area contributed by atoms with Gasteiger partial charge in [0.25, 0.3) is 0 Å². The first kappa shape index (κ1) is 15.2. The van der Waals surface area contributed by atoms with Crippen molar-refractivity contribution in [3.8, 4) is 0 Å². The maximum atomic E-state index is 11.5. The summed E-state index contributed by atoms with van der Waals surface area (Å²) in [4.78, 5) is 26.3. The van der Waals surface area contributed by atoms with Gasteiger partial charge in [-0.1, -0.05) is 0 Å². The predicted octanol–water partition coefficient (Wildman–Crippen LogP) is -0.288. The van der Waals surface area contributed by atoms with Crippen LogP contribution >= 0.6 is 0 Å². The Morgan fingerprint density at radius 2 is 2.00 bits per heavy atom. The van der Waals surface area contributed by atoms with E-state index >= 15 is 0 Å². The van der Waals surface area contributed by atoms with Gasteiger partial charge in [-0.05, 0) is 20.0 Å². The second-order valence-corrected chi connectivity index (χ2v) is 4.66. The predicted molar refractivity (Wildman–Crippen MR) is 70.1 cm³/mol. The number of hydrazine groups is 1. The van der Waals surface area contributed by atoms with E-state index in [0.29, 0.717) is 17.9 Å². The number of carbonyl (C=O) groups is 2. The second kappa shape index (κ2) is 6.35. The Morgan fingerprint density at radius 1 is 1.37 bits per heavy atom. The molecule has 0 radical (unpaired) electrons. The fourth-order valence-corrected chi connectivity index (χ4v) is 1.61. The lowest BCUT2D eigenvalue weighted by Gasteiger charge is -2.17. The Labute approximate surface area is 112 Å². The number of nitrogen functional groups attached to an aromatic ring is 1. The highest BCUT2D eigenvalue weighted by molar-refractivity contribution is 5.92. The van der Waals surface area contributed by atoms with Gasteiger partial charge in [0.15, 0.2) is 5.76 Å². The smallest absolute Gasteiger partial charge is 0.301 e. The van der Waals surface area contributed by atoms with Gasteiger partial charge in [-0.3, -0.25) is 19.9 Å². The largest absolute Gasteiger partial charge is 0.454 e. The van der Waals surface area contributed by atoms with Crippen molar-refractivity contribution in [2.24, 2.45) is 5.84 Å². The third kappa shape index (κ3) is 4.08. The molecular formula is C12H20N4O3. The lowest BCUT2D eigenvalue weighted by atomic mass is 10.2. The molecule has 1 rings (SSSR count). The summed E-state index contributed by atoms with van der Waals surface area (Å²) >= 11 is 0. The molecule has 1 aromatic rings. The number of nitrogens with two attached hydrogens (primary N) is 1. The highest BCUT2D eigenvalue weighted by Gasteiger charge is 2.16. The zero-order valence-electron chi connectivity index (χ0n) is 11.7. The van der Waals surface area contributed by atoms with Crippen LogP contribution in [0.5, 0.6) is 0 Å². The molecule has 3 N–H and O–H groups in total. The molecule has 2 amide bonds. The molecule has 0 spiro atoms. The Balaban J connectivity index is 2.67. The van der Waals surface area contributed by atoms with Gasteiger partial charge in [0.1, 0.15) is 5.76 Å². The van der Waals surface area contributed by atoms with Crippen molar-refractivity contribution < 1.29 is 14.0 Å². The summed E-state index contributed by atoms with van der Waals surface area (Å²) in [5.41, 5.74) is 2.74. The van der Waals surface area contributed by atoms with Gasteiger partial charge >= 0.3 is 5.91 Å². The van der Waals surface area contributed by atoms with Gasteiger partial charge in [-0.25, -0.2) is 5.84 Å². The number of aryl methyl sites for hydroxylation is 1. The summed E-state index contributed by atoms with van der Waals surface area (Å²) in [6, 6.07) is 1.77. The van der Waals surface area contributed by atoms with Crippen LogP contribution < -0.4 is 11.3 Å². The van der Waals surface area contributed by atoms with Crippen LogP contribution in [0.1, 0.15) is 21.9 Å². The average molecular weight is 268 g/mol. The number of carbonyl (C=O) groups excluding carboxylic acids is 2. The fraction of sp³-hybridized carbons (Fsp3) is 0.500. The number of rotatable bonds is 5. The standard InChI is InChI=1S/C12H20N4O3/c1-8-5-9(19-11(8)12(18)14-13)6-16(4)7-10(17)15(2)3/h5H,6-7,13H2,1-4H3,(H,14,18). The Hall–Kier alpha value is -1.86. The average Bonchev–Trinajstić information content (AvgIpc) is 2.68. The van der Waals surface area contributed by atoms with Crippen LogP contribution in [-0.2, 0) is 11.3 Å². The van der Waals surface area contributed by atoms with Crippen LogP contribution in [0.25, 0.3) is 0 Å². The zero-order chi connectivity index (χ0) is 14.6. The second-order valence-electron chi connectivity index (χ2n) is 4.66. The van der Waals surface area contributed by atoms with Crippen LogP contribution in [0.4, 0.5) is 0 Å². The molecule has 0 fully saturated rings. The number of nitrogens with one attached hydrogen (secondary N) is 1. The maximum Gasteiger partial charge on any atom is 0.301 e. The molecule has 0 aliphatic heterocycles. The van der Waals surface area contributed by atoms with E-state index in [1.54, 1.807) is 27.1 Å². The monoisotopic (exact) mass is 268 g/mol. The first-order valence-electron chi connectivity index (χ1n) is 5.84. The number of furan rings is 1. The molecule has 19 heavy (non-hydrogen) atoms. The lowest BCUT2D eigenvalue weighted by Crippen LogP contribution is -2.34. The van der Waals surface area contributed by atoms with Crippen molar-refractivity contribution in [2.45, 2.75) is 13.5 Å². The number of nitrogens with zero attached hydrogens (tertiary/aromatic N) is 2. The minimum absolute atomic E-state index is 0.00528. The SMILES string of the molecule is Cc1cc(CN(C)CC(=O)N(C)C)oc1C(=O)NN. The minimum Gasteiger partial charge on any atom is -0.454 e. The summed E-state index contributed by atoms with van der Waals surface area (Å²) in [7, 11) is 5.22. The van der Waals surface area contributed by atoms with E-state index in [1.165, 1.54) is 4.90 Å². The molecule has 0 atom stereocenters. The van der Waals surface area contributed by atoms with E-state index in [0.717, 1.165) is 0 Å². The van der Waals surface area contributed by atoms with Crippen LogP contribution in [0, 0.1) is 6.92 Å². The van der Waals surface area contributed by atoms with Crippen molar-refractivity contribution in [3.05, 3.63) is 23.2 Å². The Morgan fingerprint density at radius 3 is 2.53 bits per heavy atom. The van der Waals surface area contributed by atoms with E-state index in [2.05, 4.69) is 0 Å². The first-order chi connectivity index (χ1) is 8.85. The fourth-order valence-electron chi connectivity index (χ4n) is 1.61. The lowest BCUT2D eigenvalue weighted by molar-refractivity contribution is -0.129. The Bertz CT molecular complexity index is 468. The third-order valence-electron chi connectivity index (χ3n) is 2.64. The number of hydrogen-bond acceptors (Lipinski definition) is 5. The topological polar surface area (TPSA) is 91.8 Å². The van der Waals surface area contributed by atoms with E-state index in [1.807, 2.05) is 17.4 Å². The van der Waals surface area contributed by atoms with Crippen molar-refractivity contribution in [3.63, 3.8) is 0 Å². The van der Waals surface area contributed by atoms with Crippen molar-refractivity contribution in [2.75, 3.05) is 27.7 Å². The summed E-state index contributed by atoms with van der Waals surface area (Å²) < 4.78 is 5.42. The van der Waals surface area contributed by atoms with Gasteiger partial charge in [0, 0.05) is 19.7 Å².